The lowest BCUT2D eigenvalue weighted by Crippen LogP contribution is -2.22. The van der Waals surface area contributed by atoms with Gasteiger partial charge in [-0.25, -0.2) is 4.79 Å². The first kappa shape index (κ1) is 20.8. The SMILES string of the molecule is O=C(COC(=O)c1cc2c(cc1[N+](=O)[O-])OCCO2)Nc1ccccc1OC(F)F. The summed E-state index contributed by atoms with van der Waals surface area (Å²) in [5, 5.41) is 13.5. The van der Waals surface area contributed by atoms with E-state index in [0.717, 1.165) is 12.1 Å². The Hall–Kier alpha value is -3.96. The lowest BCUT2D eigenvalue weighted by molar-refractivity contribution is -0.385. The number of fused-ring (bicyclic) bond motifs is 1. The number of carbonyl (C=O) groups excluding carboxylic acids is 2. The number of nitro groups is 1. The standard InChI is InChI=1S/C18H14F2N2O8/c19-18(20)30-13-4-2-1-3-11(13)21-16(23)9-29-17(24)10-7-14-15(28-6-5-27-14)8-12(10)22(25)26/h1-4,7-8,18H,5-6,9H2,(H,21,23). The zero-order chi connectivity index (χ0) is 21.7. The van der Waals surface area contributed by atoms with Crippen LogP contribution in [0.25, 0.3) is 0 Å². The summed E-state index contributed by atoms with van der Waals surface area (Å²) in [6.45, 7) is -3.53. The molecule has 1 aliphatic heterocycles. The first-order valence-electron chi connectivity index (χ1n) is 8.44. The van der Waals surface area contributed by atoms with Gasteiger partial charge in [-0.3, -0.25) is 14.9 Å². The summed E-state index contributed by atoms with van der Waals surface area (Å²) in [6.07, 6.45) is 0. The van der Waals surface area contributed by atoms with Crippen LogP contribution in [0.1, 0.15) is 10.4 Å². The first-order chi connectivity index (χ1) is 14.3. The molecular formula is C18H14F2N2O8. The maximum absolute atomic E-state index is 12.4. The number of hydrogen-bond acceptors (Lipinski definition) is 8. The summed E-state index contributed by atoms with van der Waals surface area (Å²) in [7, 11) is 0. The molecule has 0 saturated heterocycles. The van der Waals surface area contributed by atoms with Crippen molar-refractivity contribution in [2.45, 2.75) is 6.61 Å². The minimum absolute atomic E-state index is 0.0656. The fourth-order valence-corrected chi connectivity index (χ4v) is 2.56. The highest BCUT2D eigenvalue weighted by molar-refractivity contribution is 5.98. The van der Waals surface area contributed by atoms with E-state index in [1.807, 2.05) is 0 Å². The van der Waals surface area contributed by atoms with Gasteiger partial charge in [-0.2, -0.15) is 8.78 Å². The number of ether oxygens (including phenoxy) is 4. The molecule has 0 bridgehead atoms. The Bertz CT molecular complexity index is 983. The van der Waals surface area contributed by atoms with Gasteiger partial charge < -0.3 is 24.3 Å². The van der Waals surface area contributed by atoms with E-state index >= 15 is 0 Å². The van der Waals surface area contributed by atoms with Crippen molar-refractivity contribution >= 4 is 23.3 Å². The monoisotopic (exact) mass is 424 g/mol. The van der Waals surface area contributed by atoms with Gasteiger partial charge in [0.1, 0.15) is 24.5 Å². The molecule has 1 N–H and O–H groups in total. The van der Waals surface area contributed by atoms with E-state index in [0.29, 0.717) is 0 Å². The minimum atomic E-state index is -3.10. The van der Waals surface area contributed by atoms with Gasteiger partial charge in [-0.05, 0) is 12.1 Å². The Morgan fingerprint density at radius 2 is 1.83 bits per heavy atom. The average Bonchev–Trinajstić information content (AvgIpc) is 2.72. The normalized spacial score (nSPS) is 12.2. The third-order valence-electron chi connectivity index (χ3n) is 3.79. The van der Waals surface area contributed by atoms with Crippen molar-refractivity contribution in [3.63, 3.8) is 0 Å². The molecule has 1 heterocycles. The average molecular weight is 424 g/mol. The number of amides is 1. The molecule has 0 spiro atoms. The van der Waals surface area contributed by atoms with Crippen LogP contribution in [0, 0.1) is 10.1 Å². The van der Waals surface area contributed by atoms with E-state index in [4.69, 9.17) is 14.2 Å². The van der Waals surface area contributed by atoms with Gasteiger partial charge in [0.15, 0.2) is 18.1 Å². The molecule has 1 aliphatic rings. The topological polar surface area (TPSA) is 126 Å². The fraction of sp³-hybridized carbons (Fsp3) is 0.222. The lowest BCUT2D eigenvalue weighted by atomic mass is 10.1. The highest BCUT2D eigenvalue weighted by atomic mass is 19.3. The van der Waals surface area contributed by atoms with Crippen molar-refractivity contribution in [2.24, 2.45) is 0 Å². The number of benzene rings is 2. The summed E-state index contributed by atoms with van der Waals surface area (Å²) in [5.74, 6) is -2.06. The maximum Gasteiger partial charge on any atom is 0.387 e. The van der Waals surface area contributed by atoms with Gasteiger partial charge >= 0.3 is 12.6 Å². The first-order valence-corrected chi connectivity index (χ1v) is 8.44. The van der Waals surface area contributed by atoms with E-state index in [1.54, 1.807) is 0 Å². The van der Waals surface area contributed by atoms with E-state index < -0.39 is 41.3 Å². The summed E-state index contributed by atoms with van der Waals surface area (Å²) < 4.78 is 44.5. The molecule has 30 heavy (non-hydrogen) atoms. The summed E-state index contributed by atoms with van der Waals surface area (Å²) in [6, 6.07) is 7.55. The number of carbonyl (C=O) groups is 2. The van der Waals surface area contributed by atoms with Crippen LogP contribution >= 0.6 is 0 Å². The zero-order valence-electron chi connectivity index (χ0n) is 15.1. The molecule has 0 fully saturated rings. The second-order valence-corrected chi connectivity index (χ2v) is 5.77. The molecule has 3 rings (SSSR count). The predicted octanol–water partition coefficient (Wildman–Crippen LogP) is 2.76. The van der Waals surface area contributed by atoms with Crippen LogP contribution in [-0.2, 0) is 9.53 Å². The minimum Gasteiger partial charge on any atom is -0.486 e. The lowest BCUT2D eigenvalue weighted by Gasteiger charge is -2.18. The van der Waals surface area contributed by atoms with E-state index in [9.17, 15) is 28.5 Å². The van der Waals surface area contributed by atoms with Crippen molar-refractivity contribution in [1.29, 1.82) is 0 Å². The fourth-order valence-electron chi connectivity index (χ4n) is 2.56. The number of nitro benzene ring substituents is 1. The zero-order valence-corrected chi connectivity index (χ0v) is 15.1. The van der Waals surface area contributed by atoms with E-state index in [-0.39, 0.29) is 36.1 Å². The molecule has 0 radical (unpaired) electrons. The Morgan fingerprint density at radius 1 is 1.17 bits per heavy atom. The van der Waals surface area contributed by atoms with Crippen LogP contribution in [0.15, 0.2) is 36.4 Å². The van der Waals surface area contributed by atoms with Crippen molar-refractivity contribution in [3.8, 4) is 17.2 Å². The molecule has 2 aromatic carbocycles. The summed E-state index contributed by atoms with van der Waals surface area (Å²) >= 11 is 0. The van der Waals surface area contributed by atoms with Crippen molar-refractivity contribution in [1.82, 2.24) is 0 Å². The molecule has 12 heteroatoms. The highest BCUT2D eigenvalue weighted by Crippen LogP contribution is 2.36. The van der Waals surface area contributed by atoms with E-state index in [2.05, 4.69) is 10.1 Å². The smallest absolute Gasteiger partial charge is 0.387 e. The Labute approximate surface area is 167 Å². The van der Waals surface area contributed by atoms with Crippen LogP contribution < -0.4 is 19.5 Å². The largest absolute Gasteiger partial charge is 0.486 e. The summed E-state index contributed by atoms with van der Waals surface area (Å²) in [4.78, 5) is 34.8. The number of halogens is 2. The van der Waals surface area contributed by atoms with Crippen LogP contribution in [0.2, 0.25) is 0 Å². The molecular weight excluding hydrogens is 410 g/mol. The van der Waals surface area contributed by atoms with Crippen LogP contribution in [-0.4, -0.2) is 43.2 Å². The Kier molecular flexibility index (Phi) is 6.25. The van der Waals surface area contributed by atoms with E-state index in [1.165, 1.54) is 24.3 Å². The number of alkyl halides is 2. The second kappa shape index (κ2) is 9.03. The molecule has 10 nitrogen and oxygen atoms in total. The van der Waals surface area contributed by atoms with Gasteiger partial charge in [0.25, 0.3) is 11.6 Å². The highest BCUT2D eigenvalue weighted by Gasteiger charge is 2.28. The van der Waals surface area contributed by atoms with Crippen LogP contribution in [0.3, 0.4) is 0 Å². The molecule has 158 valence electrons. The number of esters is 1. The third kappa shape index (κ3) is 4.90. The van der Waals surface area contributed by atoms with Crippen LogP contribution in [0.5, 0.6) is 17.2 Å². The number of hydrogen-bond donors (Lipinski definition) is 1. The van der Waals surface area contributed by atoms with Gasteiger partial charge in [0, 0.05) is 6.07 Å². The van der Waals surface area contributed by atoms with Crippen molar-refractivity contribution in [3.05, 3.63) is 52.1 Å². The molecule has 1 amide bonds. The Morgan fingerprint density at radius 3 is 2.50 bits per heavy atom. The third-order valence-corrected chi connectivity index (χ3v) is 3.79. The van der Waals surface area contributed by atoms with Gasteiger partial charge in [-0.1, -0.05) is 12.1 Å². The molecule has 2 aromatic rings. The number of para-hydroxylation sites is 2. The number of nitrogens with zero attached hydrogens (tertiary/aromatic N) is 1. The number of nitrogens with one attached hydrogen (secondary N) is 1. The van der Waals surface area contributed by atoms with Gasteiger partial charge in [-0.15, -0.1) is 0 Å². The second-order valence-electron chi connectivity index (χ2n) is 5.77. The van der Waals surface area contributed by atoms with Gasteiger partial charge in [0.2, 0.25) is 0 Å². The molecule has 0 atom stereocenters. The number of rotatable bonds is 7. The van der Waals surface area contributed by atoms with Gasteiger partial charge in [0.05, 0.1) is 16.7 Å². The van der Waals surface area contributed by atoms with Crippen LogP contribution in [0.4, 0.5) is 20.2 Å². The molecule has 0 aromatic heterocycles. The number of anilines is 1. The van der Waals surface area contributed by atoms with Crippen molar-refractivity contribution in [2.75, 3.05) is 25.1 Å². The summed E-state index contributed by atoms with van der Waals surface area (Å²) in [5.41, 5.74) is -1.08. The predicted molar refractivity (Wildman–Crippen MR) is 96.1 cm³/mol. The van der Waals surface area contributed by atoms with Crippen molar-refractivity contribution < 1.29 is 42.2 Å². The molecule has 0 unspecified atom stereocenters. The molecule has 0 aliphatic carbocycles. The quantitative estimate of drug-likeness (QED) is 0.409. The Balaban J connectivity index is 1.69. The maximum atomic E-state index is 12.4. The molecule has 0 saturated carbocycles.